The third-order valence-corrected chi connectivity index (χ3v) is 6.15. The Balaban J connectivity index is 1.74. The average molecular weight is 507 g/mol. The summed E-state index contributed by atoms with van der Waals surface area (Å²) >= 11 is 5.57. The number of carbonyl (C=O) groups excluding carboxylic acids is 3. The van der Waals surface area contributed by atoms with E-state index in [1.54, 1.807) is 19.9 Å². The van der Waals surface area contributed by atoms with Crippen LogP contribution in [0.1, 0.15) is 52.7 Å². The smallest absolute Gasteiger partial charge is 0.359 e. The van der Waals surface area contributed by atoms with Crippen LogP contribution in [-0.4, -0.2) is 35.4 Å². The van der Waals surface area contributed by atoms with Crippen molar-refractivity contribution in [2.24, 2.45) is 5.92 Å². The van der Waals surface area contributed by atoms with Crippen LogP contribution in [0.5, 0.6) is 5.75 Å². The van der Waals surface area contributed by atoms with Gasteiger partial charge in [-0.05, 0) is 26.3 Å². The summed E-state index contributed by atoms with van der Waals surface area (Å²) in [6.07, 6.45) is 2.76. The maximum Gasteiger partial charge on any atom is 0.359 e. The predicted molar refractivity (Wildman–Crippen MR) is 121 cm³/mol. The minimum absolute atomic E-state index is 0.0182. The fourth-order valence-corrected chi connectivity index (χ4v) is 4.24. The van der Waals surface area contributed by atoms with Gasteiger partial charge in [0.25, 0.3) is 5.91 Å². The van der Waals surface area contributed by atoms with Gasteiger partial charge in [-0.15, -0.1) is 0 Å². The van der Waals surface area contributed by atoms with Gasteiger partial charge in [-0.1, -0.05) is 23.7 Å². The number of nitrogens with zero attached hydrogens (tertiary/aromatic N) is 1. The number of esters is 1. The number of fused-ring (bicyclic) bond motifs is 1. The molecule has 2 aromatic rings. The lowest BCUT2D eigenvalue weighted by atomic mass is 10.1. The molecule has 1 aromatic heterocycles. The zero-order valence-corrected chi connectivity index (χ0v) is 19.7. The zero-order chi connectivity index (χ0) is 25.6. The number of Topliss-reactive ketones (excluding diaryl/α,β-unsaturated/α-hetero) is 1. The van der Waals surface area contributed by atoms with E-state index >= 15 is 0 Å². The molecule has 1 amide bonds. The van der Waals surface area contributed by atoms with Crippen LogP contribution < -0.4 is 15.5 Å². The molecule has 1 fully saturated rings. The molecule has 1 saturated carbocycles. The monoisotopic (exact) mass is 506 g/mol. The fraction of sp³-hybridized carbons (Fsp3) is 0.333. The van der Waals surface area contributed by atoms with E-state index in [1.807, 2.05) is 0 Å². The van der Waals surface area contributed by atoms with Crippen molar-refractivity contribution in [2.45, 2.75) is 39.0 Å². The highest BCUT2D eigenvalue weighted by Gasteiger charge is 2.46. The van der Waals surface area contributed by atoms with Crippen LogP contribution in [0.15, 0.2) is 34.8 Å². The molecule has 2 aliphatic rings. The molecule has 0 aliphatic heterocycles. The first-order valence-electron chi connectivity index (χ1n) is 10.8. The first kappa shape index (κ1) is 24.6. The van der Waals surface area contributed by atoms with Crippen LogP contribution in [0.4, 0.5) is 8.78 Å². The summed E-state index contributed by atoms with van der Waals surface area (Å²) in [7, 11) is 1.15. The number of hydrogen-bond donors (Lipinski definition) is 1. The number of benzene rings is 1. The third-order valence-electron chi connectivity index (χ3n) is 5.80. The maximum atomic E-state index is 14.2. The number of ether oxygens (including phenoxy) is 2. The van der Waals surface area contributed by atoms with Gasteiger partial charge in [0.15, 0.2) is 17.2 Å². The molecule has 4 rings (SSSR count). The largest absolute Gasteiger partial charge is 0.491 e. The van der Waals surface area contributed by atoms with E-state index in [0.29, 0.717) is 12.0 Å². The van der Waals surface area contributed by atoms with Crippen molar-refractivity contribution in [3.63, 3.8) is 0 Å². The number of carbonyl (C=O) groups is 3. The van der Waals surface area contributed by atoms with Gasteiger partial charge in [-0.25, -0.2) is 13.6 Å². The van der Waals surface area contributed by atoms with Gasteiger partial charge in [-0.2, -0.15) is 0 Å². The molecule has 35 heavy (non-hydrogen) atoms. The summed E-state index contributed by atoms with van der Waals surface area (Å²) < 4.78 is 39.3. The van der Waals surface area contributed by atoms with Crippen molar-refractivity contribution >= 4 is 29.3 Å². The van der Waals surface area contributed by atoms with Crippen LogP contribution in [0.3, 0.4) is 0 Å². The van der Waals surface area contributed by atoms with Gasteiger partial charge in [0.05, 0.1) is 19.3 Å². The molecule has 1 aromatic carbocycles. The molecule has 1 N–H and O–H groups in total. The summed E-state index contributed by atoms with van der Waals surface area (Å²) in [6.45, 7) is 2.84. The second-order valence-corrected chi connectivity index (χ2v) is 8.85. The van der Waals surface area contributed by atoms with Crippen LogP contribution in [0, 0.1) is 17.6 Å². The first-order chi connectivity index (χ1) is 16.5. The molecule has 0 bridgehead atoms. The summed E-state index contributed by atoms with van der Waals surface area (Å²) in [6, 6.07) is 1.23. The van der Waals surface area contributed by atoms with Gasteiger partial charge < -0.3 is 19.4 Å². The van der Waals surface area contributed by atoms with Gasteiger partial charge in [0, 0.05) is 29.8 Å². The Morgan fingerprint density at radius 3 is 2.57 bits per heavy atom. The highest BCUT2D eigenvalue weighted by molar-refractivity contribution is 6.31. The normalized spacial score (nSPS) is 18.3. The molecule has 2 aliphatic carbocycles. The molecule has 8 nitrogen and oxygen atoms in total. The minimum atomic E-state index is -1.04. The average Bonchev–Trinajstić information content (AvgIpc) is 3.51. The Morgan fingerprint density at radius 1 is 1.26 bits per heavy atom. The topological polar surface area (TPSA) is 104 Å². The van der Waals surface area contributed by atoms with Crippen molar-refractivity contribution in [1.82, 2.24) is 9.88 Å². The molecule has 0 radical (unpaired) electrons. The van der Waals surface area contributed by atoms with E-state index in [-0.39, 0.29) is 23.0 Å². The van der Waals surface area contributed by atoms with E-state index in [1.165, 1.54) is 4.57 Å². The van der Waals surface area contributed by atoms with Crippen molar-refractivity contribution in [2.75, 3.05) is 7.11 Å². The highest BCUT2D eigenvalue weighted by Crippen LogP contribution is 2.47. The highest BCUT2D eigenvalue weighted by atomic mass is 35.5. The summed E-state index contributed by atoms with van der Waals surface area (Å²) in [5.41, 5.74) is -1.10. The predicted octanol–water partition coefficient (Wildman–Crippen LogP) is 3.35. The van der Waals surface area contributed by atoms with E-state index in [9.17, 15) is 28.0 Å². The minimum Gasteiger partial charge on any atom is -0.491 e. The number of nitrogens with one attached hydrogen (secondary N) is 1. The van der Waals surface area contributed by atoms with E-state index in [2.05, 4.69) is 5.32 Å². The Kier molecular flexibility index (Phi) is 6.50. The molecule has 2 atom stereocenters. The zero-order valence-electron chi connectivity index (χ0n) is 19.0. The summed E-state index contributed by atoms with van der Waals surface area (Å²) in [5, 5.41) is 1.66. The molecule has 0 unspecified atom stereocenters. The number of rotatable bonds is 7. The molecular formula is C24H21ClF2N2O6. The van der Waals surface area contributed by atoms with Crippen molar-refractivity contribution in [3.05, 3.63) is 73.7 Å². The van der Waals surface area contributed by atoms with E-state index in [0.717, 1.165) is 25.4 Å². The van der Waals surface area contributed by atoms with E-state index in [4.69, 9.17) is 21.1 Å². The number of aromatic nitrogens is 1. The summed E-state index contributed by atoms with van der Waals surface area (Å²) in [5.74, 6) is -4.50. The second kappa shape index (κ2) is 9.26. The van der Waals surface area contributed by atoms with E-state index < -0.39 is 64.0 Å². The van der Waals surface area contributed by atoms with Crippen LogP contribution >= 0.6 is 11.6 Å². The first-order valence-corrected chi connectivity index (χ1v) is 11.1. The lowest BCUT2D eigenvalue weighted by Gasteiger charge is -2.22. The second-order valence-electron chi connectivity index (χ2n) is 8.48. The molecule has 11 heteroatoms. The lowest BCUT2D eigenvalue weighted by molar-refractivity contribution is -0.117. The maximum absolute atomic E-state index is 14.2. The van der Waals surface area contributed by atoms with Gasteiger partial charge >= 0.3 is 5.97 Å². The standard InChI is InChI=1S/C24H21ClF2N2O6/c1-10(2)35-24(33)19-22(34-3)21(31)14(9-29(19)16-7-12-6-13(12)20(16)30)23(32)28-8-11-4-5-15(26)17(25)18(11)27/h4-6,9-10,12,16H,7-8H2,1-3H3,(H,28,32)/t12-,16-/m0/s1. The van der Waals surface area contributed by atoms with Crippen molar-refractivity contribution in [3.8, 4) is 5.75 Å². The number of amides is 1. The van der Waals surface area contributed by atoms with Crippen molar-refractivity contribution in [1.29, 1.82) is 0 Å². The third kappa shape index (κ3) is 4.45. The van der Waals surface area contributed by atoms with Crippen LogP contribution in [0.25, 0.3) is 0 Å². The number of methoxy groups -OCH3 is 1. The Bertz CT molecular complexity index is 1350. The fourth-order valence-electron chi connectivity index (χ4n) is 4.06. The Morgan fingerprint density at radius 2 is 1.97 bits per heavy atom. The molecular weight excluding hydrogens is 486 g/mol. The number of halogens is 3. The number of allylic oxidation sites excluding steroid dienone is 2. The van der Waals surface area contributed by atoms with Gasteiger partial charge in [-0.3, -0.25) is 14.4 Å². The number of hydrogen-bond acceptors (Lipinski definition) is 6. The van der Waals surface area contributed by atoms with Crippen molar-refractivity contribution < 1.29 is 32.6 Å². The van der Waals surface area contributed by atoms with Crippen LogP contribution in [-0.2, 0) is 16.1 Å². The molecule has 0 saturated heterocycles. The summed E-state index contributed by atoms with van der Waals surface area (Å²) in [4.78, 5) is 51.7. The SMILES string of the molecule is COc1c(C(=O)OC(C)C)n([C@H]2C[C@@H]3C=C3C2=O)cc(C(=O)NCc2ccc(F)c(Cl)c2F)c1=O. The number of ketones is 1. The van der Waals surface area contributed by atoms with Gasteiger partial charge in [0.2, 0.25) is 5.43 Å². The molecule has 1 heterocycles. The lowest BCUT2D eigenvalue weighted by Crippen LogP contribution is -2.34. The Labute approximate surface area is 203 Å². The van der Waals surface area contributed by atoms with Gasteiger partial charge in [0.1, 0.15) is 22.2 Å². The molecule has 184 valence electrons. The number of pyridine rings is 1. The molecule has 0 spiro atoms. The van der Waals surface area contributed by atoms with Crippen LogP contribution in [0.2, 0.25) is 5.02 Å². The quantitative estimate of drug-likeness (QED) is 0.456. The Hall–Kier alpha value is -3.53.